The first-order valence-electron chi connectivity index (χ1n) is 10.0. The summed E-state index contributed by atoms with van der Waals surface area (Å²) in [5.41, 5.74) is 1.81. The van der Waals surface area contributed by atoms with Gasteiger partial charge >= 0.3 is 0 Å². The van der Waals surface area contributed by atoms with E-state index in [1.165, 1.54) is 18.1 Å². The van der Waals surface area contributed by atoms with Crippen molar-refractivity contribution in [2.24, 2.45) is 5.92 Å². The number of hydrogen-bond acceptors (Lipinski definition) is 6. The molecular formula is C24H19ClN2O5. The second kappa shape index (κ2) is 7.85. The highest BCUT2D eigenvalue weighted by molar-refractivity contribution is 6.30. The summed E-state index contributed by atoms with van der Waals surface area (Å²) in [6.45, 7) is 0. The second-order valence-corrected chi connectivity index (χ2v) is 8.01. The monoisotopic (exact) mass is 450 g/mol. The number of carbonyl (C=O) groups is 2. The van der Waals surface area contributed by atoms with Crippen LogP contribution in [0.4, 0.5) is 11.4 Å². The molecule has 2 saturated heterocycles. The third-order valence-corrected chi connectivity index (χ3v) is 6.01. The summed E-state index contributed by atoms with van der Waals surface area (Å²) in [6.07, 6.45) is -0.983. The Balaban J connectivity index is 1.61. The molecule has 0 bridgehead atoms. The summed E-state index contributed by atoms with van der Waals surface area (Å²) < 4.78 is 5.26. The molecule has 2 heterocycles. The molecule has 0 radical (unpaired) electrons. The fourth-order valence-corrected chi connectivity index (χ4v) is 4.40. The largest absolute Gasteiger partial charge is 0.504 e. The molecule has 0 unspecified atom stereocenters. The minimum absolute atomic E-state index is 0.0236. The number of anilines is 2. The first-order chi connectivity index (χ1) is 15.5. The van der Waals surface area contributed by atoms with Gasteiger partial charge in [-0.1, -0.05) is 35.9 Å². The lowest BCUT2D eigenvalue weighted by molar-refractivity contribution is -0.126. The number of imide groups is 1. The number of fused-ring (bicyclic) bond motifs is 1. The number of hydrogen-bond donors (Lipinski definition) is 1. The molecule has 32 heavy (non-hydrogen) atoms. The predicted octanol–water partition coefficient (Wildman–Crippen LogP) is 4.11. The quantitative estimate of drug-likeness (QED) is 0.603. The van der Waals surface area contributed by atoms with E-state index in [0.717, 1.165) is 0 Å². The Morgan fingerprint density at radius 1 is 0.938 bits per heavy atom. The molecule has 2 aliphatic heterocycles. The van der Waals surface area contributed by atoms with Crippen LogP contribution in [0.15, 0.2) is 72.8 Å². The van der Waals surface area contributed by atoms with Crippen LogP contribution in [0.1, 0.15) is 11.6 Å². The number of aromatic hydroxyl groups is 1. The van der Waals surface area contributed by atoms with Crippen molar-refractivity contribution in [1.29, 1.82) is 0 Å². The molecule has 0 saturated carbocycles. The van der Waals surface area contributed by atoms with E-state index in [2.05, 4.69) is 0 Å². The van der Waals surface area contributed by atoms with Crippen LogP contribution >= 0.6 is 11.6 Å². The van der Waals surface area contributed by atoms with E-state index in [1.54, 1.807) is 65.7 Å². The lowest BCUT2D eigenvalue weighted by Gasteiger charge is -2.29. The fourth-order valence-electron chi connectivity index (χ4n) is 4.28. The maximum absolute atomic E-state index is 13.5. The molecule has 0 spiro atoms. The molecule has 3 aromatic rings. The number of nitrogens with zero attached hydrogens (tertiary/aromatic N) is 2. The van der Waals surface area contributed by atoms with Gasteiger partial charge in [-0.3, -0.25) is 14.4 Å². The number of benzene rings is 3. The van der Waals surface area contributed by atoms with E-state index in [-0.39, 0.29) is 17.4 Å². The number of hydroxylamine groups is 1. The summed E-state index contributed by atoms with van der Waals surface area (Å²) in [6, 6.07) is 20.0. The van der Waals surface area contributed by atoms with Crippen LogP contribution < -0.4 is 14.7 Å². The molecule has 7 nitrogen and oxygen atoms in total. The Hall–Kier alpha value is -3.55. The number of rotatable bonds is 4. The molecule has 0 aliphatic carbocycles. The third-order valence-electron chi connectivity index (χ3n) is 5.76. The molecule has 2 fully saturated rings. The first-order valence-corrected chi connectivity index (χ1v) is 10.4. The topological polar surface area (TPSA) is 79.3 Å². The molecule has 8 heteroatoms. The number of phenolic OH excluding ortho intramolecular Hbond substituents is 1. The van der Waals surface area contributed by atoms with E-state index in [1.807, 2.05) is 6.07 Å². The van der Waals surface area contributed by atoms with Crippen molar-refractivity contribution in [3.8, 4) is 11.5 Å². The summed E-state index contributed by atoms with van der Waals surface area (Å²) >= 11 is 6.04. The van der Waals surface area contributed by atoms with Crippen molar-refractivity contribution < 1.29 is 24.3 Å². The van der Waals surface area contributed by atoms with Crippen molar-refractivity contribution in [2.75, 3.05) is 17.1 Å². The van der Waals surface area contributed by atoms with E-state index in [9.17, 15) is 14.7 Å². The number of para-hydroxylation sites is 1. The van der Waals surface area contributed by atoms with Gasteiger partial charge in [0.15, 0.2) is 17.6 Å². The van der Waals surface area contributed by atoms with Gasteiger partial charge in [-0.25, -0.2) is 9.96 Å². The molecule has 162 valence electrons. The van der Waals surface area contributed by atoms with Gasteiger partial charge < -0.3 is 9.84 Å². The van der Waals surface area contributed by atoms with Gasteiger partial charge in [0.1, 0.15) is 5.92 Å². The maximum atomic E-state index is 13.5. The highest BCUT2D eigenvalue weighted by Crippen LogP contribution is 2.48. The number of methoxy groups -OCH3 is 1. The Labute approximate surface area is 189 Å². The van der Waals surface area contributed by atoms with Crippen LogP contribution in [0.2, 0.25) is 5.02 Å². The Bertz CT molecular complexity index is 1180. The van der Waals surface area contributed by atoms with E-state index >= 15 is 0 Å². The van der Waals surface area contributed by atoms with Crippen LogP contribution in [-0.2, 0) is 14.4 Å². The van der Waals surface area contributed by atoms with E-state index < -0.39 is 24.0 Å². The van der Waals surface area contributed by atoms with Gasteiger partial charge in [0, 0.05) is 5.02 Å². The minimum atomic E-state index is -0.983. The van der Waals surface area contributed by atoms with Gasteiger partial charge in [-0.15, -0.1) is 0 Å². The molecule has 0 aromatic heterocycles. The number of phenols is 1. The van der Waals surface area contributed by atoms with Crippen molar-refractivity contribution in [1.82, 2.24) is 0 Å². The molecular weight excluding hydrogens is 432 g/mol. The molecule has 1 N–H and O–H groups in total. The lowest BCUT2D eigenvalue weighted by atomic mass is 9.90. The average molecular weight is 451 g/mol. The third kappa shape index (κ3) is 3.18. The summed E-state index contributed by atoms with van der Waals surface area (Å²) in [4.78, 5) is 34.1. The Morgan fingerprint density at radius 2 is 1.66 bits per heavy atom. The van der Waals surface area contributed by atoms with Crippen LogP contribution in [-0.4, -0.2) is 30.1 Å². The molecule has 2 amide bonds. The molecule has 5 rings (SSSR count). The van der Waals surface area contributed by atoms with Crippen LogP contribution in [0.25, 0.3) is 0 Å². The minimum Gasteiger partial charge on any atom is -0.504 e. The fraction of sp³-hybridized carbons (Fsp3) is 0.167. The number of carbonyl (C=O) groups excluding carboxylic acids is 2. The van der Waals surface area contributed by atoms with Crippen LogP contribution in [0.3, 0.4) is 0 Å². The van der Waals surface area contributed by atoms with E-state index in [0.29, 0.717) is 22.0 Å². The summed E-state index contributed by atoms with van der Waals surface area (Å²) in [5.74, 6) is -1.31. The number of amides is 2. The summed E-state index contributed by atoms with van der Waals surface area (Å²) in [5, 5.41) is 12.2. The average Bonchev–Trinajstić information content (AvgIpc) is 3.31. The summed E-state index contributed by atoms with van der Waals surface area (Å²) in [7, 11) is 1.45. The normalized spacial score (nSPS) is 22.4. The zero-order chi connectivity index (χ0) is 22.4. The van der Waals surface area contributed by atoms with Gasteiger partial charge in [0.05, 0.1) is 24.5 Å². The van der Waals surface area contributed by atoms with Crippen molar-refractivity contribution in [2.45, 2.75) is 12.1 Å². The van der Waals surface area contributed by atoms with Crippen molar-refractivity contribution in [3.05, 3.63) is 83.4 Å². The van der Waals surface area contributed by atoms with Gasteiger partial charge in [-0.2, -0.15) is 0 Å². The second-order valence-electron chi connectivity index (χ2n) is 7.58. The standard InChI is InChI=1S/C24H19ClN2O5/c1-31-19-13-14(7-12-18(19)28)21-20-22(32-27(21)17-10-8-15(25)9-11-17)24(30)26(23(20)29)16-5-3-2-4-6-16/h2-13,20-22,28H,1H3/t20-,21+,22-/m0/s1. The SMILES string of the molecule is COc1cc([C@@H]2[C@@H]3C(=O)N(c4ccccc4)C(=O)[C@H]3ON2c2ccc(Cl)cc2)ccc1O. The zero-order valence-corrected chi connectivity index (χ0v) is 17.8. The maximum Gasteiger partial charge on any atom is 0.266 e. The predicted molar refractivity (Wildman–Crippen MR) is 119 cm³/mol. The highest BCUT2D eigenvalue weighted by Gasteiger charge is 2.60. The molecule has 3 atom stereocenters. The molecule has 3 aromatic carbocycles. The number of halogens is 1. The smallest absolute Gasteiger partial charge is 0.266 e. The van der Waals surface area contributed by atoms with Gasteiger partial charge in [0.2, 0.25) is 5.91 Å². The van der Waals surface area contributed by atoms with E-state index in [4.69, 9.17) is 21.2 Å². The lowest BCUT2D eigenvalue weighted by Crippen LogP contribution is -2.37. The van der Waals surface area contributed by atoms with Gasteiger partial charge in [-0.05, 0) is 54.1 Å². The van der Waals surface area contributed by atoms with Crippen molar-refractivity contribution >= 4 is 34.8 Å². The van der Waals surface area contributed by atoms with Crippen molar-refractivity contribution in [3.63, 3.8) is 0 Å². The number of ether oxygens (including phenoxy) is 1. The first kappa shape index (κ1) is 20.4. The Kier molecular flexibility index (Phi) is 5.00. The zero-order valence-electron chi connectivity index (χ0n) is 17.0. The van der Waals surface area contributed by atoms with Crippen LogP contribution in [0.5, 0.6) is 11.5 Å². The molecule has 2 aliphatic rings. The Morgan fingerprint density at radius 3 is 2.34 bits per heavy atom. The van der Waals surface area contributed by atoms with Gasteiger partial charge in [0.25, 0.3) is 5.91 Å². The van der Waals surface area contributed by atoms with Crippen LogP contribution in [0, 0.1) is 5.92 Å². The highest BCUT2D eigenvalue weighted by atomic mass is 35.5.